The van der Waals surface area contributed by atoms with Gasteiger partial charge in [0.25, 0.3) is 0 Å². The van der Waals surface area contributed by atoms with Crippen LogP contribution in [0.25, 0.3) is 0 Å². The summed E-state index contributed by atoms with van der Waals surface area (Å²) in [6, 6.07) is 3.34. The van der Waals surface area contributed by atoms with Gasteiger partial charge >= 0.3 is 11.8 Å². The molecule has 1 unspecified atom stereocenters. The third-order valence-electron chi connectivity index (χ3n) is 2.69. The highest BCUT2D eigenvalue weighted by atomic mass is 35.5. The Hall–Kier alpha value is -1.66. The van der Waals surface area contributed by atoms with E-state index in [1.807, 2.05) is 6.92 Å². The molecule has 0 aliphatic carbocycles. The maximum atomic E-state index is 12.9. The molecule has 0 spiro atoms. The molecule has 0 saturated carbocycles. The van der Waals surface area contributed by atoms with E-state index in [0.717, 1.165) is 6.07 Å². The van der Waals surface area contributed by atoms with Crippen LogP contribution in [0.15, 0.2) is 18.2 Å². The van der Waals surface area contributed by atoms with E-state index in [0.29, 0.717) is 12.8 Å². The molecule has 110 valence electrons. The number of carbonyl (C=O) groups excluding carboxylic acids is 2. The second-order valence-corrected chi connectivity index (χ2v) is 4.58. The van der Waals surface area contributed by atoms with Crippen molar-refractivity contribution in [1.29, 1.82) is 0 Å². The second kappa shape index (κ2) is 7.81. The van der Waals surface area contributed by atoms with Crippen LogP contribution in [-0.4, -0.2) is 29.6 Å². The lowest BCUT2D eigenvalue weighted by Gasteiger charge is -2.15. The molecule has 1 aromatic carbocycles. The van der Waals surface area contributed by atoms with Gasteiger partial charge in [0, 0.05) is 18.3 Å². The van der Waals surface area contributed by atoms with Gasteiger partial charge in [0.15, 0.2) is 0 Å². The maximum Gasteiger partial charge on any atom is 0.313 e. The first-order valence-electron chi connectivity index (χ1n) is 6.15. The zero-order valence-corrected chi connectivity index (χ0v) is 11.7. The van der Waals surface area contributed by atoms with Crippen molar-refractivity contribution in [2.75, 3.05) is 11.9 Å². The van der Waals surface area contributed by atoms with Crippen molar-refractivity contribution < 1.29 is 19.1 Å². The Bertz CT molecular complexity index is 497. The zero-order chi connectivity index (χ0) is 15.1. The van der Waals surface area contributed by atoms with Crippen molar-refractivity contribution in [3.05, 3.63) is 29.0 Å². The highest BCUT2D eigenvalue weighted by Gasteiger charge is 2.17. The van der Waals surface area contributed by atoms with Gasteiger partial charge in [-0.1, -0.05) is 18.5 Å². The summed E-state index contributed by atoms with van der Waals surface area (Å²) < 4.78 is 12.9. The molecule has 0 aliphatic heterocycles. The van der Waals surface area contributed by atoms with Crippen molar-refractivity contribution in [3.63, 3.8) is 0 Å². The van der Waals surface area contributed by atoms with Crippen molar-refractivity contribution in [2.45, 2.75) is 25.8 Å². The Morgan fingerprint density at radius 1 is 1.40 bits per heavy atom. The van der Waals surface area contributed by atoms with Gasteiger partial charge in [-0.2, -0.15) is 0 Å². The van der Waals surface area contributed by atoms with Gasteiger partial charge in [-0.15, -0.1) is 0 Å². The Morgan fingerprint density at radius 2 is 2.10 bits per heavy atom. The molecule has 0 bridgehead atoms. The maximum absolute atomic E-state index is 12.9. The summed E-state index contributed by atoms with van der Waals surface area (Å²) in [5, 5.41) is 13.5. The minimum atomic E-state index is -0.871. The molecule has 0 fully saturated rings. The first-order chi connectivity index (χ1) is 9.47. The first-order valence-corrected chi connectivity index (χ1v) is 6.53. The fourth-order valence-electron chi connectivity index (χ4n) is 1.55. The Balaban J connectivity index is 2.61. The number of hydrogen-bond acceptors (Lipinski definition) is 3. The van der Waals surface area contributed by atoms with Crippen LogP contribution in [0.1, 0.15) is 19.8 Å². The first kappa shape index (κ1) is 16.4. The fourth-order valence-corrected chi connectivity index (χ4v) is 1.73. The Kier molecular flexibility index (Phi) is 6.41. The lowest BCUT2D eigenvalue weighted by molar-refractivity contribution is -0.136. The molecule has 1 aromatic rings. The van der Waals surface area contributed by atoms with Crippen molar-refractivity contribution in [1.82, 2.24) is 5.32 Å². The van der Waals surface area contributed by atoms with Gasteiger partial charge in [0.2, 0.25) is 0 Å². The Morgan fingerprint density at radius 3 is 2.65 bits per heavy atom. The van der Waals surface area contributed by atoms with E-state index in [2.05, 4.69) is 10.6 Å². The lowest BCUT2D eigenvalue weighted by Crippen LogP contribution is -2.42. The quantitative estimate of drug-likeness (QED) is 0.724. The SMILES string of the molecule is CCC(CCO)NC(=O)C(=O)Nc1ccc(F)c(Cl)c1. The van der Waals surface area contributed by atoms with Gasteiger partial charge in [-0.05, 0) is 31.0 Å². The van der Waals surface area contributed by atoms with Crippen LogP contribution in [0.5, 0.6) is 0 Å². The number of aliphatic hydroxyl groups is 1. The summed E-state index contributed by atoms with van der Waals surface area (Å²) in [6.45, 7) is 1.76. The third kappa shape index (κ3) is 4.79. The predicted molar refractivity (Wildman–Crippen MR) is 74.0 cm³/mol. The number of rotatable bonds is 5. The molecular formula is C13H16ClFN2O3. The largest absolute Gasteiger partial charge is 0.396 e. The summed E-state index contributed by atoms with van der Waals surface area (Å²) in [4.78, 5) is 23.3. The summed E-state index contributed by atoms with van der Waals surface area (Å²) in [5.74, 6) is -2.29. The Labute approximate surface area is 121 Å². The highest BCUT2D eigenvalue weighted by Crippen LogP contribution is 2.19. The molecule has 5 nitrogen and oxygen atoms in total. The average molecular weight is 303 g/mol. The minimum Gasteiger partial charge on any atom is -0.396 e. The smallest absolute Gasteiger partial charge is 0.313 e. The van der Waals surface area contributed by atoms with Crippen LogP contribution in [0.4, 0.5) is 10.1 Å². The van der Waals surface area contributed by atoms with E-state index in [9.17, 15) is 14.0 Å². The molecule has 0 saturated heterocycles. The summed E-state index contributed by atoms with van der Waals surface area (Å²) >= 11 is 5.57. The van der Waals surface area contributed by atoms with Crippen LogP contribution in [0, 0.1) is 5.82 Å². The summed E-state index contributed by atoms with van der Waals surface area (Å²) in [7, 11) is 0. The van der Waals surface area contributed by atoms with Crippen LogP contribution >= 0.6 is 11.6 Å². The van der Waals surface area contributed by atoms with Gasteiger partial charge in [0.05, 0.1) is 5.02 Å². The van der Waals surface area contributed by atoms with E-state index < -0.39 is 17.6 Å². The highest BCUT2D eigenvalue weighted by molar-refractivity contribution is 6.40. The van der Waals surface area contributed by atoms with E-state index in [1.54, 1.807) is 0 Å². The molecule has 0 radical (unpaired) electrons. The average Bonchev–Trinajstić information content (AvgIpc) is 2.42. The molecule has 1 atom stereocenters. The molecule has 1 rings (SSSR count). The number of carbonyl (C=O) groups is 2. The van der Waals surface area contributed by atoms with Crippen molar-refractivity contribution in [3.8, 4) is 0 Å². The normalized spacial score (nSPS) is 11.8. The molecule has 7 heteroatoms. The van der Waals surface area contributed by atoms with Crippen molar-refractivity contribution >= 4 is 29.1 Å². The monoisotopic (exact) mass is 302 g/mol. The topological polar surface area (TPSA) is 78.4 Å². The van der Waals surface area contributed by atoms with Crippen LogP contribution in [0.2, 0.25) is 5.02 Å². The second-order valence-electron chi connectivity index (χ2n) is 4.17. The number of anilines is 1. The van der Waals surface area contributed by atoms with Gasteiger partial charge in [0.1, 0.15) is 5.82 Å². The van der Waals surface area contributed by atoms with E-state index >= 15 is 0 Å². The van der Waals surface area contributed by atoms with Crippen LogP contribution in [0.3, 0.4) is 0 Å². The van der Waals surface area contributed by atoms with Gasteiger partial charge in [-0.3, -0.25) is 9.59 Å². The van der Waals surface area contributed by atoms with E-state index in [-0.39, 0.29) is 23.4 Å². The van der Waals surface area contributed by atoms with Gasteiger partial charge < -0.3 is 15.7 Å². The number of benzene rings is 1. The molecular weight excluding hydrogens is 287 g/mol. The number of amides is 2. The van der Waals surface area contributed by atoms with E-state index in [4.69, 9.17) is 16.7 Å². The zero-order valence-electron chi connectivity index (χ0n) is 11.0. The fraction of sp³-hybridized carbons (Fsp3) is 0.385. The van der Waals surface area contributed by atoms with Crippen LogP contribution in [-0.2, 0) is 9.59 Å². The van der Waals surface area contributed by atoms with E-state index in [1.165, 1.54) is 12.1 Å². The summed E-state index contributed by atoms with van der Waals surface area (Å²) in [5.41, 5.74) is 0.228. The number of hydrogen-bond donors (Lipinski definition) is 3. The molecule has 0 aliphatic rings. The standard InChI is InChI=1S/C13H16ClFN2O3/c1-2-8(5-6-18)16-12(19)13(20)17-9-3-4-11(15)10(14)7-9/h3-4,7-8,18H,2,5-6H2,1H3,(H,16,19)(H,17,20). The number of nitrogens with one attached hydrogen (secondary N) is 2. The summed E-state index contributed by atoms with van der Waals surface area (Å²) in [6.07, 6.45) is 0.972. The van der Waals surface area contributed by atoms with Gasteiger partial charge in [-0.25, -0.2) is 4.39 Å². The third-order valence-corrected chi connectivity index (χ3v) is 2.98. The molecule has 0 aromatic heterocycles. The minimum absolute atomic E-state index is 0.0754. The molecule has 2 amide bonds. The van der Waals surface area contributed by atoms with Crippen molar-refractivity contribution in [2.24, 2.45) is 0 Å². The molecule has 0 heterocycles. The molecule has 3 N–H and O–H groups in total. The van der Waals surface area contributed by atoms with Crippen LogP contribution < -0.4 is 10.6 Å². The number of halogens is 2. The molecule has 20 heavy (non-hydrogen) atoms. The predicted octanol–water partition coefficient (Wildman–Crippen LogP) is 1.69. The lowest BCUT2D eigenvalue weighted by atomic mass is 10.1. The number of aliphatic hydroxyl groups excluding tert-OH is 1.